The normalized spacial score (nSPS) is 18.5. The van der Waals surface area contributed by atoms with Crippen LogP contribution < -0.4 is 10.1 Å². The summed E-state index contributed by atoms with van der Waals surface area (Å²) < 4.78 is 5.10. The minimum Gasteiger partial charge on any atom is -0.497 e. The first-order chi connectivity index (χ1) is 12.0. The van der Waals surface area contributed by atoms with Gasteiger partial charge in [0.15, 0.2) is 0 Å². The van der Waals surface area contributed by atoms with E-state index in [1.54, 1.807) is 41.2 Å². The molecule has 1 aliphatic carbocycles. The van der Waals surface area contributed by atoms with E-state index in [0.29, 0.717) is 50.5 Å². The van der Waals surface area contributed by atoms with Crippen LogP contribution in [0.4, 0.5) is 5.69 Å². The summed E-state index contributed by atoms with van der Waals surface area (Å²) >= 11 is 0. The summed E-state index contributed by atoms with van der Waals surface area (Å²) in [5.74, 6) is 0.349. The van der Waals surface area contributed by atoms with Crippen molar-refractivity contribution in [3.8, 4) is 5.75 Å². The van der Waals surface area contributed by atoms with Crippen LogP contribution in [0, 0.1) is 5.41 Å². The van der Waals surface area contributed by atoms with Gasteiger partial charge in [-0.1, -0.05) is 0 Å². The second-order valence-corrected chi connectivity index (χ2v) is 6.56. The number of hydrogen-bond acceptors (Lipinski definition) is 4. The number of benzene rings is 1. The molecule has 1 aromatic carbocycles. The number of nitrogens with one attached hydrogen (secondary N) is 1. The number of rotatable bonds is 4. The molecule has 3 rings (SSSR count). The van der Waals surface area contributed by atoms with Gasteiger partial charge in [0.1, 0.15) is 11.2 Å². The van der Waals surface area contributed by atoms with Crippen molar-refractivity contribution in [2.24, 2.45) is 5.41 Å². The summed E-state index contributed by atoms with van der Waals surface area (Å²) in [5, 5.41) is 2.84. The van der Waals surface area contributed by atoms with Gasteiger partial charge in [-0.15, -0.1) is 0 Å². The summed E-state index contributed by atoms with van der Waals surface area (Å²) in [6.45, 7) is 3.54. The van der Waals surface area contributed by atoms with Crippen molar-refractivity contribution in [1.29, 1.82) is 0 Å². The van der Waals surface area contributed by atoms with Crippen LogP contribution >= 0.6 is 0 Å². The number of amides is 3. The van der Waals surface area contributed by atoms with Gasteiger partial charge in [-0.3, -0.25) is 14.4 Å². The smallest absolute Gasteiger partial charge is 0.240 e. The second kappa shape index (κ2) is 6.74. The highest BCUT2D eigenvalue weighted by molar-refractivity contribution is 6.13. The molecule has 0 spiro atoms. The third-order valence-corrected chi connectivity index (χ3v) is 4.95. The Morgan fingerprint density at radius 1 is 1.00 bits per heavy atom. The highest BCUT2D eigenvalue weighted by Crippen LogP contribution is 2.48. The topological polar surface area (TPSA) is 79.0 Å². The SMILES string of the molecule is COc1ccc(NC(=O)C2(C(=O)N3CCN(C(C)=O)CC3)CC2)cc1. The average molecular weight is 345 g/mol. The first kappa shape index (κ1) is 17.3. The van der Waals surface area contributed by atoms with Crippen LogP contribution in [-0.4, -0.2) is 60.8 Å². The highest BCUT2D eigenvalue weighted by atomic mass is 16.5. The van der Waals surface area contributed by atoms with Crippen LogP contribution in [-0.2, 0) is 14.4 Å². The summed E-state index contributed by atoms with van der Waals surface area (Å²) in [5.41, 5.74) is -0.301. The number of ether oxygens (including phenoxy) is 1. The van der Waals surface area contributed by atoms with E-state index in [0.717, 1.165) is 0 Å². The van der Waals surface area contributed by atoms with Gasteiger partial charge >= 0.3 is 0 Å². The van der Waals surface area contributed by atoms with E-state index in [9.17, 15) is 14.4 Å². The van der Waals surface area contributed by atoms with Gasteiger partial charge < -0.3 is 19.9 Å². The number of nitrogens with zero attached hydrogens (tertiary/aromatic N) is 2. The van der Waals surface area contributed by atoms with E-state index in [-0.39, 0.29) is 17.7 Å². The highest BCUT2D eigenvalue weighted by Gasteiger charge is 2.58. The quantitative estimate of drug-likeness (QED) is 0.829. The van der Waals surface area contributed by atoms with Crippen LogP contribution in [0.25, 0.3) is 0 Å². The minimum atomic E-state index is -0.946. The fourth-order valence-electron chi connectivity index (χ4n) is 3.12. The lowest BCUT2D eigenvalue weighted by atomic mass is 10.0. The molecule has 1 aromatic rings. The standard InChI is InChI=1S/C18H23N3O4/c1-13(22)20-9-11-21(12-10-20)17(24)18(7-8-18)16(23)19-14-3-5-15(25-2)6-4-14/h3-6H,7-12H2,1-2H3,(H,19,23). The minimum absolute atomic E-state index is 0.0190. The Balaban J connectivity index is 1.62. The molecule has 1 saturated heterocycles. The largest absolute Gasteiger partial charge is 0.497 e. The molecule has 3 amide bonds. The molecule has 2 fully saturated rings. The van der Waals surface area contributed by atoms with Crippen molar-refractivity contribution in [1.82, 2.24) is 9.80 Å². The molecule has 1 aliphatic heterocycles. The zero-order valence-electron chi connectivity index (χ0n) is 14.6. The van der Waals surface area contributed by atoms with E-state index in [2.05, 4.69) is 5.32 Å². The number of anilines is 1. The van der Waals surface area contributed by atoms with E-state index < -0.39 is 5.41 Å². The summed E-state index contributed by atoms with van der Waals surface area (Å²) in [6, 6.07) is 7.03. The lowest BCUT2D eigenvalue weighted by Crippen LogP contribution is -2.53. The Hall–Kier alpha value is -2.57. The third-order valence-electron chi connectivity index (χ3n) is 4.95. The number of carbonyl (C=O) groups excluding carboxylic acids is 3. The summed E-state index contributed by atoms with van der Waals surface area (Å²) in [4.78, 5) is 40.3. The Kier molecular flexibility index (Phi) is 4.65. The molecular weight excluding hydrogens is 322 g/mol. The Labute approximate surface area is 146 Å². The molecule has 0 unspecified atom stereocenters. The van der Waals surface area contributed by atoms with Gasteiger partial charge in [-0.2, -0.15) is 0 Å². The maximum absolute atomic E-state index is 12.8. The molecule has 1 N–H and O–H groups in total. The van der Waals surface area contributed by atoms with Crippen molar-refractivity contribution in [2.75, 3.05) is 38.6 Å². The molecule has 25 heavy (non-hydrogen) atoms. The maximum atomic E-state index is 12.8. The van der Waals surface area contributed by atoms with Crippen LogP contribution in [0.5, 0.6) is 5.75 Å². The average Bonchev–Trinajstić information content (AvgIpc) is 3.44. The molecule has 1 saturated carbocycles. The molecule has 0 radical (unpaired) electrons. The van der Waals surface area contributed by atoms with Gasteiger partial charge in [0, 0.05) is 38.8 Å². The predicted molar refractivity (Wildman–Crippen MR) is 92.1 cm³/mol. The monoisotopic (exact) mass is 345 g/mol. The van der Waals surface area contributed by atoms with E-state index >= 15 is 0 Å². The van der Waals surface area contributed by atoms with Crippen molar-refractivity contribution < 1.29 is 19.1 Å². The van der Waals surface area contributed by atoms with E-state index in [1.165, 1.54) is 6.92 Å². The number of piperazine rings is 1. The second-order valence-electron chi connectivity index (χ2n) is 6.56. The van der Waals surface area contributed by atoms with Gasteiger partial charge in [-0.25, -0.2) is 0 Å². The molecule has 134 valence electrons. The van der Waals surface area contributed by atoms with E-state index in [1.807, 2.05) is 0 Å². The van der Waals surface area contributed by atoms with Gasteiger partial charge in [0.05, 0.1) is 7.11 Å². The fourth-order valence-corrected chi connectivity index (χ4v) is 3.12. The van der Waals surface area contributed by atoms with Crippen molar-refractivity contribution in [3.63, 3.8) is 0 Å². The van der Waals surface area contributed by atoms with Crippen LogP contribution in [0.1, 0.15) is 19.8 Å². The van der Waals surface area contributed by atoms with Gasteiger partial charge in [0.2, 0.25) is 17.7 Å². The van der Waals surface area contributed by atoms with Crippen molar-refractivity contribution in [3.05, 3.63) is 24.3 Å². The van der Waals surface area contributed by atoms with E-state index in [4.69, 9.17) is 4.74 Å². The number of hydrogen-bond donors (Lipinski definition) is 1. The Bertz CT molecular complexity index is 674. The lowest BCUT2D eigenvalue weighted by molar-refractivity contribution is -0.146. The maximum Gasteiger partial charge on any atom is 0.240 e. The zero-order valence-corrected chi connectivity index (χ0v) is 14.6. The molecule has 0 atom stereocenters. The van der Waals surface area contributed by atoms with Crippen molar-refractivity contribution in [2.45, 2.75) is 19.8 Å². The third kappa shape index (κ3) is 3.45. The Morgan fingerprint density at radius 2 is 1.56 bits per heavy atom. The van der Waals surface area contributed by atoms with Crippen LogP contribution in [0.2, 0.25) is 0 Å². The van der Waals surface area contributed by atoms with Gasteiger partial charge in [-0.05, 0) is 37.1 Å². The predicted octanol–water partition coefficient (Wildman–Crippen LogP) is 1.10. The lowest BCUT2D eigenvalue weighted by Gasteiger charge is -2.35. The fraction of sp³-hybridized carbons (Fsp3) is 0.500. The molecular formula is C18H23N3O4. The summed E-state index contributed by atoms with van der Waals surface area (Å²) in [7, 11) is 1.58. The van der Waals surface area contributed by atoms with Gasteiger partial charge in [0.25, 0.3) is 0 Å². The molecule has 7 heteroatoms. The summed E-state index contributed by atoms with van der Waals surface area (Å²) in [6.07, 6.45) is 1.14. The zero-order chi connectivity index (χ0) is 18.0. The van der Waals surface area contributed by atoms with Crippen LogP contribution in [0.3, 0.4) is 0 Å². The molecule has 0 bridgehead atoms. The van der Waals surface area contributed by atoms with Crippen molar-refractivity contribution >= 4 is 23.4 Å². The molecule has 0 aromatic heterocycles. The first-order valence-electron chi connectivity index (χ1n) is 8.47. The number of carbonyl (C=O) groups is 3. The Morgan fingerprint density at radius 3 is 2.04 bits per heavy atom. The first-order valence-corrected chi connectivity index (χ1v) is 8.47. The molecule has 7 nitrogen and oxygen atoms in total. The number of methoxy groups -OCH3 is 1. The molecule has 1 heterocycles. The van der Waals surface area contributed by atoms with Crippen LogP contribution in [0.15, 0.2) is 24.3 Å². The molecule has 2 aliphatic rings.